The van der Waals surface area contributed by atoms with Crippen LogP contribution in [0.3, 0.4) is 0 Å². The molecule has 1 aromatic heterocycles. The van der Waals surface area contributed by atoms with Gasteiger partial charge in [0.05, 0.1) is 12.1 Å². The Morgan fingerprint density at radius 3 is 2.75 bits per heavy atom. The standard InChI is InChI=1S/C25H30N6O/c1-6-8-9-19(7-2)17(4)28-23-22-14-21(20(15-26)11-10-16(3)32)24-27-12-13-31(24)25(22)30-18(5)29-23/h6-11,14-15,17H,1,12-13,26H2,2-5H3,(H,28,29,30)/b9-8-,11-10-,19-7+,20-15+/t17-/m1/s1. The zero-order valence-corrected chi connectivity index (χ0v) is 19.1. The smallest absolute Gasteiger partial charge is 0.152 e. The van der Waals surface area contributed by atoms with Crippen LogP contribution in [0, 0.1) is 6.92 Å². The van der Waals surface area contributed by atoms with E-state index in [9.17, 15) is 4.79 Å². The molecule has 0 radical (unpaired) electrons. The van der Waals surface area contributed by atoms with Gasteiger partial charge in [-0.3, -0.25) is 9.79 Å². The van der Waals surface area contributed by atoms with Crippen molar-refractivity contribution in [3.05, 3.63) is 77.3 Å². The number of carbonyl (C=O) groups is 1. The number of anilines is 2. The Hall–Kier alpha value is -3.74. The molecule has 0 fully saturated rings. The number of allylic oxidation sites excluding steroid dienone is 5. The first-order valence-corrected chi connectivity index (χ1v) is 10.6. The fraction of sp³-hybridized carbons (Fsp3) is 0.280. The molecule has 3 rings (SSSR count). The average molecular weight is 431 g/mol. The molecular weight excluding hydrogens is 400 g/mol. The summed E-state index contributed by atoms with van der Waals surface area (Å²) in [4.78, 5) is 27.7. The van der Waals surface area contributed by atoms with Crippen molar-refractivity contribution in [2.75, 3.05) is 23.3 Å². The molecule has 0 bridgehead atoms. The lowest BCUT2D eigenvalue weighted by Gasteiger charge is -2.29. The molecule has 3 heterocycles. The molecule has 2 aliphatic heterocycles. The molecule has 0 unspecified atom stereocenters. The van der Waals surface area contributed by atoms with E-state index in [-0.39, 0.29) is 11.8 Å². The van der Waals surface area contributed by atoms with E-state index in [1.54, 1.807) is 12.2 Å². The minimum Gasteiger partial charge on any atom is -0.404 e. The van der Waals surface area contributed by atoms with Crippen molar-refractivity contribution in [2.45, 2.75) is 33.7 Å². The van der Waals surface area contributed by atoms with Gasteiger partial charge < -0.3 is 16.0 Å². The summed E-state index contributed by atoms with van der Waals surface area (Å²) in [6.07, 6.45) is 14.5. The maximum atomic E-state index is 11.5. The van der Waals surface area contributed by atoms with Crippen molar-refractivity contribution in [1.82, 2.24) is 9.97 Å². The fourth-order valence-electron chi connectivity index (χ4n) is 3.72. The summed E-state index contributed by atoms with van der Waals surface area (Å²) in [6, 6.07) is 0.0159. The molecule has 7 heteroatoms. The van der Waals surface area contributed by atoms with E-state index in [1.807, 2.05) is 32.1 Å². The number of aromatic nitrogens is 2. The molecule has 0 saturated carbocycles. The Labute approximate surface area is 189 Å². The topological polar surface area (TPSA) is 96.5 Å². The van der Waals surface area contributed by atoms with E-state index >= 15 is 0 Å². The zero-order valence-electron chi connectivity index (χ0n) is 19.1. The molecule has 2 aliphatic rings. The summed E-state index contributed by atoms with van der Waals surface area (Å²) >= 11 is 0. The molecule has 1 aromatic rings. The summed E-state index contributed by atoms with van der Waals surface area (Å²) < 4.78 is 0. The van der Waals surface area contributed by atoms with Gasteiger partial charge in [-0.1, -0.05) is 30.9 Å². The molecule has 32 heavy (non-hydrogen) atoms. The molecular formula is C25H30N6O. The van der Waals surface area contributed by atoms with Gasteiger partial charge in [-0.25, -0.2) is 9.97 Å². The van der Waals surface area contributed by atoms with Crippen LogP contribution in [0.25, 0.3) is 6.08 Å². The Morgan fingerprint density at radius 2 is 2.09 bits per heavy atom. The number of fused-ring (bicyclic) bond motifs is 3. The van der Waals surface area contributed by atoms with E-state index in [0.717, 1.165) is 46.3 Å². The van der Waals surface area contributed by atoms with Crippen molar-refractivity contribution >= 4 is 29.3 Å². The first-order valence-electron chi connectivity index (χ1n) is 10.6. The predicted molar refractivity (Wildman–Crippen MR) is 133 cm³/mol. The molecule has 7 nitrogen and oxygen atoms in total. The van der Waals surface area contributed by atoms with Crippen LogP contribution in [0.1, 0.15) is 32.2 Å². The zero-order chi connectivity index (χ0) is 23.3. The van der Waals surface area contributed by atoms with Gasteiger partial charge in [0.2, 0.25) is 0 Å². The van der Waals surface area contributed by atoms with Crippen LogP contribution in [0.5, 0.6) is 0 Å². The highest BCUT2D eigenvalue weighted by Gasteiger charge is 2.32. The molecule has 0 saturated heterocycles. The first-order chi connectivity index (χ1) is 15.4. The normalized spacial score (nSPS) is 17.2. The summed E-state index contributed by atoms with van der Waals surface area (Å²) in [5.74, 6) is 3.00. The lowest BCUT2D eigenvalue weighted by molar-refractivity contribution is -0.112. The second-order valence-corrected chi connectivity index (χ2v) is 7.59. The van der Waals surface area contributed by atoms with Gasteiger partial charge in [-0.05, 0) is 51.5 Å². The molecule has 0 aromatic carbocycles. The number of ketones is 1. The van der Waals surface area contributed by atoms with Crippen molar-refractivity contribution in [3.8, 4) is 0 Å². The van der Waals surface area contributed by atoms with Gasteiger partial charge in [0.1, 0.15) is 23.3 Å². The lowest BCUT2D eigenvalue weighted by atomic mass is 9.97. The van der Waals surface area contributed by atoms with E-state index < -0.39 is 0 Å². The largest absolute Gasteiger partial charge is 0.404 e. The Balaban J connectivity index is 2.10. The van der Waals surface area contributed by atoms with Crippen molar-refractivity contribution in [1.29, 1.82) is 0 Å². The Morgan fingerprint density at radius 1 is 1.31 bits per heavy atom. The number of hydrogen-bond acceptors (Lipinski definition) is 7. The van der Waals surface area contributed by atoms with Crippen molar-refractivity contribution in [3.63, 3.8) is 0 Å². The van der Waals surface area contributed by atoms with E-state index in [2.05, 4.69) is 34.8 Å². The number of hydrogen-bond donors (Lipinski definition) is 2. The van der Waals surface area contributed by atoms with E-state index in [1.165, 1.54) is 19.2 Å². The lowest BCUT2D eigenvalue weighted by Crippen LogP contribution is -2.34. The van der Waals surface area contributed by atoms with Gasteiger partial charge in [0.15, 0.2) is 5.78 Å². The summed E-state index contributed by atoms with van der Waals surface area (Å²) in [5.41, 5.74) is 9.48. The number of aryl methyl sites for hydroxylation is 1. The second-order valence-electron chi connectivity index (χ2n) is 7.59. The third kappa shape index (κ3) is 4.77. The maximum Gasteiger partial charge on any atom is 0.152 e. The van der Waals surface area contributed by atoms with Crippen molar-refractivity contribution in [2.24, 2.45) is 10.7 Å². The highest BCUT2D eigenvalue weighted by atomic mass is 16.1. The van der Waals surface area contributed by atoms with Crippen LogP contribution in [-0.2, 0) is 4.79 Å². The van der Waals surface area contributed by atoms with Gasteiger partial charge in [0.25, 0.3) is 0 Å². The first kappa shape index (κ1) is 22.9. The van der Waals surface area contributed by atoms with Crippen LogP contribution >= 0.6 is 0 Å². The quantitative estimate of drug-likeness (QED) is 0.480. The molecule has 166 valence electrons. The third-order valence-corrected chi connectivity index (χ3v) is 5.26. The summed E-state index contributed by atoms with van der Waals surface area (Å²) in [5, 5.41) is 3.54. The second kappa shape index (κ2) is 10.0. The minimum absolute atomic E-state index is 0.0159. The van der Waals surface area contributed by atoms with Crippen molar-refractivity contribution < 1.29 is 4.79 Å². The highest BCUT2D eigenvalue weighted by molar-refractivity contribution is 6.20. The maximum absolute atomic E-state index is 11.5. The van der Waals surface area contributed by atoms with Crippen LogP contribution in [0.15, 0.2) is 70.9 Å². The van der Waals surface area contributed by atoms with Gasteiger partial charge in [0, 0.05) is 29.9 Å². The van der Waals surface area contributed by atoms with E-state index in [0.29, 0.717) is 12.4 Å². The summed E-state index contributed by atoms with van der Waals surface area (Å²) in [6.45, 7) is 12.6. The van der Waals surface area contributed by atoms with Crippen LogP contribution in [0.4, 0.5) is 11.6 Å². The van der Waals surface area contributed by atoms with Crippen LogP contribution < -0.4 is 16.0 Å². The minimum atomic E-state index is -0.0482. The molecule has 1 atom stereocenters. The summed E-state index contributed by atoms with van der Waals surface area (Å²) in [7, 11) is 0. The SMILES string of the molecule is C=C/C=C\C(=C/C)[C@@H](C)Nc1nc(C)nc2c1C=C(C(/C=C\C(C)=O)=C/N)C1=NCCN12. The van der Waals surface area contributed by atoms with Gasteiger partial charge in [-0.2, -0.15) is 0 Å². The predicted octanol–water partition coefficient (Wildman–Crippen LogP) is 3.88. The number of amidine groups is 1. The monoisotopic (exact) mass is 430 g/mol. The number of rotatable bonds is 8. The third-order valence-electron chi connectivity index (χ3n) is 5.26. The highest BCUT2D eigenvalue weighted by Crippen LogP contribution is 2.37. The Kier molecular flexibility index (Phi) is 7.20. The van der Waals surface area contributed by atoms with Crippen LogP contribution in [0.2, 0.25) is 0 Å². The fourth-order valence-corrected chi connectivity index (χ4v) is 3.72. The van der Waals surface area contributed by atoms with Gasteiger partial charge in [-0.15, -0.1) is 0 Å². The molecule has 0 spiro atoms. The molecule has 3 N–H and O–H groups in total. The van der Waals surface area contributed by atoms with Crippen LogP contribution in [-0.4, -0.2) is 40.7 Å². The van der Waals surface area contributed by atoms with E-state index in [4.69, 9.17) is 15.7 Å². The average Bonchev–Trinajstić information content (AvgIpc) is 3.25. The number of aliphatic imine (C=N–C) groups is 1. The Bertz CT molecular complexity index is 1100. The molecule has 0 amide bonds. The molecule has 0 aliphatic carbocycles. The number of nitrogens with zero attached hydrogens (tertiary/aromatic N) is 4. The number of nitrogens with two attached hydrogens (primary N) is 1. The number of nitrogens with one attached hydrogen (secondary N) is 1. The van der Waals surface area contributed by atoms with Gasteiger partial charge >= 0.3 is 0 Å². The number of carbonyl (C=O) groups excluding carboxylic acids is 1.